The van der Waals surface area contributed by atoms with Crippen LogP contribution in [0.5, 0.6) is 0 Å². The van der Waals surface area contributed by atoms with E-state index in [1.807, 2.05) is 0 Å². The lowest BCUT2D eigenvalue weighted by Gasteiger charge is -2.36. The van der Waals surface area contributed by atoms with Crippen molar-refractivity contribution in [3.63, 3.8) is 0 Å². The number of carbonyl (C=O) groups is 1. The van der Waals surface area contributed by atoms with Gasteiger partial charge in [0.1, 0.15) is 0 Å². The number of hydrogen-bond acceptors (Lipinski definition) is 2. The van der Waals surface area contributed by atoms with Crippen molar-refractivity contribution in [2.75, 3.05) is 13.1 Å². The summed E-state index contributed by atoms with van der Waals surface area (Å²) in [5.74, 6) is -0.828. The lowest BCUT2D eigenvalue weighted by molar-refractivity contribution is -0.132. The van der Waals surface area contributed by atoms with E-state index in [4.69, 9.17) is 5.11 Å². The normalized spacial score (nSPS) is 13.3. The average Bonchev–Trinajstić information content (AvgIpc) is 2.15. The van der Waals surface area contributed by atoms with Crippen LogP contribution in [0.4, 0.5) is 0 Å². The largest absolute Gasteiger partial charge is 0.478 e. The van der Waals surface area contributed by atoms with Crippen molar-refractivity contribution in [2.24, 2.45) is 0 Å². The van der Waals surface area contributed by atoms with Crippen molar-refractivity contribution in [2.45, 2.75) is 46.6 Å². The van der Waals surface area contributed by atoms with Crippen LogP contribution in [-0.2, 0) is 4.79 Å². The second-order valence-electron chi connectivity index (χ2n) is 4.38. The zero-order chi connectivity index (χ0) is 12.1. The Morgan fingerprint density at radius 2 is 1.80 bits per heavy atom. The van der Waals surface area contributed by atoms with Crippen LogP contribution in [0.1, 0.15) is 41.0 Å². The van der Waals surface area contributed by atoms with Gasteiger partial charge in [0.25, 0.3) is 0 Å². The number of carboxylic acids is 1. The Morgan fingerprint density at radius 1 is 1.33 bits per heavy atom. The van der Waals surface area contributed by atoms with Crippen LogP contribution in [0.3, 0.4) is 0 Å². The molecule has 0 aromatic rings. The molecule has 0 unspecified atom stereocenters. The molecule has 0 aromatic carbocycles. The summed E-state index contributed by atoms with van der Waals surface area (Å²) in [5.41, 5.74) is 0.454. The molecular formula is C12H23NO2. The van der Waals surface area contributed by atoms with Gasteiger partial charge in [0.15, 0.2) is 0 Å². The van der Waals surface area contributed by atoms with Crippen LogP contribution in [0.2, 0.25) is 0 Å². The van der Waals surface area contributed by atoms with Crippen molar-refractivity contribution < 1.29 is 9.90 Å². The maximum atomic E-state index is 10.6. The molecule has 0 rings (SSSR count). The highest BCUT2D eigenvalue weighted by atomic mass is 16.4. The van der Waals surface area contributed by atoms with Crippen molar-refractivity contribution in [1.29, 1.82) is 0 Å². The molecule has 0 bridgehead atoms. The molecule has 15 heavy (non-hydrogen) atoms. The summed E-state index contributed by atoms with van der Waals surface area (Å²) in [7, 11) is 0. The highest BCUT2D eigenvalue weighted by molar-refractivity contribution is 5.85. The van der Waals surface area contributed by atoms with E-state index in [0.717, 1.165) is 19.5 Å². The van der Waals surface area contributed by atoms with Gasteiger partial charge in [-0.1, -0.05) is 19.9 Å². The van der Waals surface area contributed by atoms with Crippen LogP contribution in [0, 0.1) is 0 Å². The smallest absolute Gasteiger partial charge is 0.330 e. The second kappa shape index (κ2) is 5.91. The molecule has 88 valence electrons. The Balaban J connectivity index is 4.50. The summed E-state index contributed by atoms with van der Waals surface area (Å²) in [6.07, 6.45) is 2.58. The zero-order valence-electron chi connectivity index (χ0n) is 10.5. The van der Waals surface area contributed by atoms with E-state index in [1.165, 1.54) is 0 Å². The number of hydrogen-bond donors (Lipinski definition) is 1. The van der Waals surface area contributed by atoms with E-state index >= 15 is 0 Å². The quantitative estimate of drug-likeness (QED) is 0.689. The van der Waals surface area contributed by atoms with Crippen LogP contribution in [0.15, 0.2) is 11.6 Å². The third-order valence-electron chi connectivity index (χ3n) is 2.86. The predicted octanol–water partition coefficient (Wildman–Crippen LogP) is 2.53. The van der Waals surface area contributed by atoms with Gasteiger partial charge in [0, 0.05) is 11.1 Å². The topological polar surface area (TPSA) is 40.5 Å². The minimum absolute atomic E-state index is 0.0280. The first-order valence-electron chi connectivity index (χ1n) is 5.50. The summed E-state index contributed by atoms with van der Waals surface area (Å²) in [4.78, 5) is 13.0. The molecule has 0 aliphatic rings. The van der Waals surface area contributed by atoms with E-state index in [2.05, 4.69) is 32.6 Å². The molecule has 3 heteroatoms. The molecule has 0 aliphatic heterocycles. The fraction of sp³-hybridized carbons (Fsp3) is 0.750. The van der Waals surface area contributed by atoms with Crippen molar-refractivity contribution >= 4 is 5.97 Å². The monoisotopic (exact) mass is 213 g/mol. The number of aliphatic carboxylic acids is 1. The molecule has 0 spiro atoms. The van der Waals surface area contributed by atoms with Crippen LogP contribution < -0.4 is 0 Å². The fourth-order valence-corrected chi connectivity index (χ4v) is 1.70. The number of rotatable bonds is 6. The lowest BCUT2D eigenvalue weighted by atomic mass is 9.96. The third kappa shape index (κ3) is 4.47. The maximum absolute atomic E-state index is 10.6. The van der Waals surface area contributed by atoms with Gasteiger partial charge < -0.3 is 5.11 Å². The minimum atomic E-state index is -0.828. The predicted molar refractivity (Wildman–Crippen MR) is 63.0 cm³/mol. The lowest BCUT2D eigenvalue weighted by Crippen LogP contribution is -2.43. The average molecular weight is 213 g/mol. The van der Waals surface area contributed by atoms with Gasteiger partial charge in [-0.2, -0.15) is 0 Å². The molecule has 0 saturated heterocycles. The Labute approximate surface area is 92.8 Å². The first kappa shape index (κ1) is 14.2. The van der Waals surface area contributed by atoms with Crippen molar-refractivity contribution in [3.05, 3.63) is 11.6 Å². The van der Waals surface area contributed by atoms with E-state index in [1.54, 1.807) is 13.0 Å². The summed E-state index contributed by atoms with van der Waals surface area (Å²) in [6, 6.07) is 0. The van der Waals surface area contributed by atoms with Gasteiger partial charge in [-0.25, -0.2) is 4.79 Å². The first-order valence-corrected chi connectivity index (χ1v) is 5.50. The van der Waals surface area contributed by atoms with Crippen molar-refractivity contribution in [1.82, 2.24) is 4.90 Å². The summed E-state index contributed by atoms with van der Waals surface area (Å²) in [5, 5.41) is 8.75. The molecule has 0 saturated carbocycles. The van der Waals surface area contributed by atoms with Gasteiger partial charge >= 0.3 is 5.97 Å². The second-order valence-corrected chi connectivity index (χ2v) is 4.38. The maximum Gasteiger partial charge on any atom is 0.330 e. The summed E-state index contributed by atoms with van der Waals surface area (Å²) in [6.45, 7) is 12.2. The van der Waals surface area contributed by atoms with Gasteiger partial charge in [-0.05, 0) is 40.3 Å². The molecule has 0 heterocycles. The highest BCUT2D eigenvalue weighted by Crippen LogP contribution is 2.19. The summed E-state index contributed by atoms with van der Waals surface area (Å²) >= 11 is 0. The minimum Gasteiger partial charge on any atom is -0.478 e. The molecular weight excluding hydrogens is 190 g/mol. The Hall–Kier alpha value is -0.830. The highest BCUT2D eigenvalue weighted by Gasteiger charge is 2.22. The number of carboxylic acid groups (broad SMARTS) is 1. The van der Waals surface area contributed by atoms with Crippen LogP contribution in [0.25, 0.3) is 0 Å². The molecule has 0 atom stereocenters. The van der Waals surface area contributed by atoms with Gasteiger partial charge in [0.05, 0.1) is 0 Å². The molecule has 0 fully saturated rings. The molecule has 0 amide bonds. The SMILES string of the molecule is CCN(CC)C(C)(C)CC=C(C)C(=O)O. The van der Waals surface area contributed by atoms with Gasteiger partial charge in [-0.15, -0.1) is 0 Å². The van der Waals surface area contributed by atoms with Gasteiger partial charge in [0.2, 0.25) is 0 Å². The molecule has 1 N–H and O–H groups in total. The standard InChI is InChI=1S/C12H23NO2/c1-6-13(7-2)12(4,5)9-8-10(3)11(14)15/h8H,6-7,9H2,1-5H3,(H,14,15). The Kier molecular flexibility index (Phi) is 5.58. The molecule has 0 radical (unpaired) electrons. The molecule has 0 aromatic heterocycles. The van der Waals surface area contributed by atoms with E-state index in [-0.39, 0.29) is 5.54 Å². The van der Waals surface area contributed by atoms with Crippen LogP contribution in [-0.4, -0.2) is 34.6 Å². The molecule has 0 aliphatic carbocycles. The van der Waals surface area contributed by atoms with Crippen LogP contribution >= 0.6 is 0 Å². The number of nitrogens with zero attached hydrogens (tertiary/aromatic N) is 1. The van der Waals surface area contributed by atoms with Crippen molar-refractivity contribution in [3.8, 4) is 0 Å². The van der Waals surface area contributed by atoms with E-state index < -0.39 is 5.97 Å². The zero-order valence-corrected chi connectivity index (χ0v) is 10.5. The first-order chi connectivity index (χ1) is 6.85. The van der Waals surface area contributed by atoms with E-state index in [9.17, 15) is 4.79 Å². The summed E-state index contributed by atoms with van der Waals surface area (Å²) < 4.78 is 0. The fourth-order valence-electron chi connectivity index (χ4n) is 1.70. The molecule has 3 nitrogen and oxygen atoms in total. The Morgan fingerprint density at radius 3 is 2.13 bits per heavy atom. The Bertz CT molecular complexity index is 240. The third-order valence-corrected chi connectivity index (χ3v) is 2.86. The van der Waals surface area contributed by atoms with Gasteiger partial charge in [-0.3, -0.25) is 4.90 Å². The van der Waals surface area contributed by atoms with E-state index in [0.29, 0.717) is 5.57 Å².